The van der Waals surface area contributed by atoms with Gasteiger partial charge in [-0.3, -0.25) is 19.1 Å². The molecule has 2 aromatic carbocycles. The molecule has 4 aromatic rings. The van der Waals surface area contributed by atoms with Crippen molar-refractivity contribution >= 4 is 22.4 Å². The number of hydrogen-bond acceptors (Lipinski definition) is 5. The monoisotopic (exact) mass is 430 g/mol. The van der Waals surface area contributed by atoms with Gasteiger partial charge in [-0.25, -0.2) is 9.18 Å². The minimum Gasteiger partial charge on any atom is -0.358 e. The average molecular weight is 430 g/mol. The molecule has 1 atom stereocenters. The second kappa shape index (κ2) is 7.64. The zero-order valence-corrected chi connectivity index (χ0v) is 18.0. The van der Waals surface area contributed by atoms with Crippen molar-refractivity contribution in [3.63, 3.8) is 0 Å². The third-order valence-corrected chi connectivity index (χ3v) is 5.73. The summed E-state index contributed by atoms with van der Waals surface area (Å²) in [6.45, 7) is 4.00. The van der Waals surface area contributed by atoms with Gasteiger partial charge in [0, 0.05) is 36.6 Å². The highest BCUT2D eigenvalue weighted by molar-refractivity contribution is 5.93. The summed E-state index contributed by atoms with van der Waals surface area (Å²) in [6, 6.07) is 12.4. The standard InChI is InChI=1S/C24H23FN6O/c1-14(2)31-19-9-6-16(12-20(19)30(3)24(31)32)22-21(15-4-7-17(25)8-5-15)28-23(29-22)18-13-26-10-11-27-18/h4-14,23,28-29H,1-3H3. The van der Waals surface area contributed by atoms with E-state index < -0.39 is 0 Å². The highest BCUT2D eigenvalue weighted by Crippen LogP contribution is 2.33. The van der Waals surface area contributed by atoms with Crippen molar-refractivity contribution in [1.29, 1.82) is 0 Å². The first kappa shape index (κ1) is 20.0. The largest absolute Gasteiger partial charge is 0.358 e. The van der Waals surface area contributed by atoms with E-state index in [2.05, 4.69) is 20.6 Å². The molecule has 32 heavy (non-hydrogen) atoms. The quantitative estimate of drug-likeness (QED) is 0.518. The first-order valence-electron chi connectivity index (χ1n) is 10.4. The normalized spacial score (nSPS) is 16.0. The highest BCUT2D eigenvalue weighted by Gasteiger charge is 2.27. The predicted octanol–water partition coefficient (Wildman–Crippen LogP) is 3.57. The maximum absolute atomic E-state index is 13.6. The van der Waals surface area contributed by atoms with Crippen molar-refractivity contribution in [2.24, 2.45) is 7.05 Å². The Hall–Kier alpha value is -3.94. The molecule has 0 saturated heterocycles. The molecule has 7 nitrogen and oxygen atoms in total. The Morgan fingerprint density at radius 3 is 2.31 bits per heavy atom. The Labute approximate surface area is 184 Å². The lowest BCUT2D eigenvalue weighted by Crippen LogP contribution is -2.24. The minimum atomic E-state index is -0.293. The van der Waals surface area contributed by atoms with Crippen molar-refractivity contribution in [3.8, 4) is 0 Å². The molecule has 0 spiro atoms. The zero-order chi connectivity index (χ0) is 22.4. The maximum atomic E-state index is 13.6. The summed E-state index contributed by atoms with van der Waals surface area (Å²) in [5, 5.41) is 6.95. The van der Waals surface area contributed by atoms with Crippen LogP contribution in [0.4, 0.5) is 4.39 Å². The number of aryl methyl sites for hydroxylation is 1. The van der Waals surface area contributed by atoms with Crippen LogP contribution in [0.2, 0.25) is 0 Å². The molecule has 0 amide bonds. The lowest BCUT2D eigenvalue weighted by Gasteiger charge is -2.13. The summed E-state index contributed by atoms with van der Waals surface area (Å²) >= 11 is 0. The SMILES string of the molecule is CC(C)n1c(=O)n(C)c2cc(C3=C(c4ccc(F)cc4)NC(c4cnccn4)N3)ccc21. The van der Waals surface area contributed by atoms with Crippen LogP contribution < -0.4 is 16.3 Å². The Morgan fingerprint density at radius 2 is 1.66 bits per heavy atom. The average Bonchev–Trinajstić information content (AvgIpc) is 3.35. The number of fused-ring (bicyclic) bond motifs is 1. The Kier molecular flexibility index (Phi) is 4.77. The molecule has 2 N–H and O–H groups in total. The highest BCUT2D eigenvalue weighted by atomic mass is 19.1. The lowest BCUT2D eigenvalue weighted by atomic mass is 10.1. The third-order valence-electron chi connectivity index (χ3n) is 5.73. The first-order chi connectivity index (χ1) is 15.4. The van der Waals surface area contributed by atoms with Gasteiger partial charge in [0.05, 0.1) is 28.6 Å². The van der Waals surface area contributed by atoms with E-state index >= 15 is 0 Å². The van der Waals surface area contributed by atoms with Gasteiger partial charge in [0.2, 0.25) is 0 Å². The Morgan fingerprint density at radius 1 is 0.969 bits per heavy atom. The van der Waals surface area contributed by atoms with Crippen LogP contribution in [0.1, 0.15) is 42.9 Å². The number of nitrogens with one attached hydrogen (secondary N) is 2. The summed E-state index contributed by atoms with van der Waals surface area (Å²) in [5.41, 5.74) is 5.85. The van der Waals surface area contributed by atoms with E-state index in [0.29, 0.717) is 0 Å². The van der Waals surface area contributed by atoms with Crippen LogP contribution >= 0.6 is 0 Å². The molecule has 1 unspecified atom stereocenters. The van der Waals surface area contributed by atoms with Crippen LogP contribution in [-0.2, 0) is 7.05 Å². The Balaban J connectivity index is 1.66. The minimum absolute atomic E-state index is 0.0465. The zero-order valence-electron chi connectivity index (χ0n) is 18.0. The van der Waals surface area contributed by atoms with Crippen molar-refractivity contribution < 1.29 is 4.39 Å². The van der Waals surface area contributed by atoms with Gasteiger partial charge in [-0.05, 0) is 50.2 Å². The van der Waals surface area contributed by atoms with E-state index in [0.717, 1.165) is 39.2 Å². The summed E-state index contributed by atoms with van der Waals surface area (Å²) in [5.74, 6) is -0.293. The van der Waals surface area contributed by atoms with Gasteiger partial charge in [0.25, 0.3) is 0 Å². The van der Waals surface area contributed by atoms with Crippen molar-refractivity contribution in [2.75, 3.05) is 0 Å². The van der Waals surface area contributed by atoms with Gasteiger partial charge in [-0.2, -0.15) is 0 Å². The fraction of sp³-hybridized carbons (Fsp3) is 0.208. The molecular weight excluding hydrogens is 407 g/mol. The van der Waals surface area contributed by atoms with Crippen LogP contribution in [0.15, 0.2) is 65.8 Å². The second-order valence-electron chi connectivity index (χ2n) is 8.12. The van der Waals surface area contributed by atoms with E-state index in [-0.39, 0.29) is 23.7 Å². The number of rotatable bonds is 4. The summed E-state index contributed by atoms with van der Waals surface area (Å²) in [7, 11) is 1.78. The molecule has 162 valence electrons. The van der Waals surface area contributed by atoms with Gasteiger partial charge in [-0.1, -0.05) is 6.07 Å². The lowest BCUT2D eigenvalue weighted by molar-refractivity contribution is 0.583. The predicted molar refractivity (Wildman–Crippen MR) is 122 cm³/mol. The van der Waals surface area contributed by atoms with E-state index in [1.807, 2.05) is 32.0 Å². The van der Waals surface area contributed by atoms with Crippen molar-refractivity contribution in [1.82, 2.24) is 29.7 Å². The fourth-order valence-electron chi connectivity index (χ4n) is 4.17. The van der Waals surface area contributed by atoms with E-state index in [9.17, 15) is 9.18 Å². The molecular formula is C24H23FN6O. The van der Waals surface area contributed by atoms with Crippen molar-refractivity contribution in [3.05, 3.63) is 94.2 Å². The summed E-state index contributed by atoms with van der Waals surface area (Å²) < 4.78 is 17.0. The van der Waals surface area contributed by atoms with E-state index in [1.54, 1.807) is 46.9 Å². The number of nitrogens with zero attached hydrogens (tertiary/aromatic N) is 4. The summed E-state index contributed by atoms with van der Waals surface area (Å²) in [6.07, 6.45) is 4.68. The molecule has 0 bridgehead atoms. The summed E-state index contributed by atoms with van der Waals surface area (Å²) in [4.78, 5) is 21.3. The molecule has 3 heterocycles. The molecule has 5 rings (SSSR count). The van der Waals surface area contributed by atoms with Crippen LogP contribution in [0.5, 0.6) is 0 Å². The maximum Gasteiger partial charge on any atom is 0.329 e. The smallest absolute Gasteiger partial charge is 0.329 e. The molecule has 0 radical (unpaired) electrons. The molecule has 1 aliphatic heterocycles. The number of benzene rings is 2. The van der Waals surface area contributed by atoms with Crippen LogP contribution in [0.3, 0.4) is 0 Å². The third kappa shape index (κ3) is 3.24. The van der Waals surface area contributed by atoms with Gasteiger partial charge in [0.15, 0.2) is 0 Å². The van der Waals surface area contributed by atoms with Crippen LogP contribution in [0.25, 0.3) is 22.4 Å². The number of aromatic nitrogens is 4. The van der Waals surface area contributed by atoms with Gasteiger partial charge in [0.1, 0.15) is 17.7 Å². The van der Waals surface area contributed by atoms with E-state index in [4.69, 9.17) is 0 Å². The fourth-order valence-corrected chi connectivity index (χ4v) is 4.17. The van der Waals surface area contributed by atoms with Crippen molar-refractivity contribution in [2.45, 2.75) is 26.1 Å². The van der Waals surface area contributed by atoms with Gasteiger partial charge < -0.3 is 10.6 Å². The molecule has 0 saturated carbocycles. The van der Waals surface area contributed by atoms with Gasteiger partial charge in [-0.15, -0.1) is 0 Å². The van der Waals surface area contributed by atoms with Crippen LogP contribution in [0, 0.1) is 5.82 Å². The second-order valence-corrected chi connectivity index (χ2v) is 8.12. The molecule has 0 aliphatic carbocycles. The van der Waals surface area contributed by atoms with E-state index in [1.165, 1.54) is 12.1 Å². The number of halogens is 1. The molecule has 1 aliphatic rings. The number of imidazole rings is 1. The van der Waals surface area contributed by atoms with Gasteiger partial charge >= 0.3 is 5.69 Å². The Bertz CT molecular complexity index is 1390. The number of hydrogen-bond donors (Lipinski definition) is 2. The molecule has 0 fully saturated rings. The molecule has 8 heteroatoms. The molecule has 2 aromatic heterocycles. The topological polar surface area (TPSA) is 76.8 Å². The first-order valence-corrected chi connectivity index (χ1v) is 10.4. The van der Waals surface area contributed by atoms with Crippen LogP contribution in [-0.4, -0.2) is 19.1 Å².